The third-order valence-electron chi connectivity index (χ3n) is 3.95. The molecule has 0 aromatic heterocycles. The maximum Gasteiger partial charge on any atom is 0.326 e. The standard InChI is InChI=1S/C16H20FNO4/c1-22-14-7-5-11(10-12(14)17)6-8-15(19)18-9-3-2-4-13(18)16(20)21/h5,7,10,13H,2-4,6,8-9H2,1H3,(H,20,21)/t13-/m1/s1. The Morgan fingerprint density at radius 2 is 2.18 bits per heavy atom. The summed E-state index contributed by atoms with van der Waals surface area (Å²) < 4.78 is 18.4. The van der Waals surface area contributed by atoms with Gasteiger partial charge in [0.1, 0.15) is 6.04 Å². The number of hydrogen-bond donors (Lipinski definition) is 1. The molecule has 1 aromatic carbocycles. The van der Waals surface area contributed by atoms with E-state index in [0.29, 0.717) is 24.9 Å². The number of benzene rings is 1. The predicted octanol–water partition coefficient (Wildman–Crippen LogP) is 2.23. The summed E-state index contributed by atoms with van der Waals surface area (Å²) in [6.07, 6.45) is 2.70. The maximum atomic E-state index is 13.6. The van der Waals surface area contributed by atoms with Gasteiger partial charge in [-0.2, -0.15) is 0 Å². The molecule has 5 nitrogen and oxygen atoms in total. The Hall–Kier alpha value is -2.11. The molecule has 6 heteroatoms. The van der Waals surface area contributed by atoms with Gasteiger partial charge in [-0.1, -0.05) is 6.07 Å². The molecular formula is C16H20FNO4. The van der Waals surface area contributed by atoms with Crippen molar-refractivity contribution in [1.29, 1.82) is 0 Å². The Morgan fingerprint density at radius 3 is 2.82 bits per heavy atom. The highest BCUT2D eigenvalue weighted by atomic mass is 19.1. The van der Waals surface area contributed by atoms with Gasteiger partial charge in [-0.05, 0) is 43.4 Å². The van der Waals surface area contributed by atoms with Gasteiger partial charge in [0.2, 0.25) is 5.91 Å². The first kappa shape index (κ1) is 16.3. The summed E-state index contributed by atoms with van der Waals surface area (Å²) in [5.41, 5.74) is 0.690. The summed E-state index contributed by atoms with van der Waals surface area (Å²) in [4.78, 5) is 24.9. The zero-order valence-corrected chi connectivity index (χ0v) is 12.5. The van der Waals surface area contributed by atoms with E-state index in [1.165, 1.54) is 24.1 Å². The van der Waals surface area contributed by atoms with Crippen LogP contribution < -0.4 is 4.74 Å². The lowest BCUT2D eigenvalue weighted by Gasteiger charge is -2.33. The van der Waals surface area contributed by atoms with E-state index in [4.69, 9.17) is 4.74 Å². The molecule has 0 unspecified atom stereocenters. The van der Waals surface area contributed by atoms with Crippen LogP contribution in [0.15, 0.2) is 18.2 Å². The molecular weight excluding hydrogens is 289 g/mol. The van der Waals surface area contributed by atoms with E-state index in [9.17, 15) is 19.1 Å². The average molecular weight is 309 g/mol. The number of piperidine rings is 1. The molecule has 1 aliphatic heterocycles. The van der Waals surface area contributed by atoms with Crippen LogP contribution >= 0.6 is 0 Å². The molecule has 1 N–H and O–H groups in total. The van der Waals surface area contributed by atoms with Crippen molar-refractivity contribution in [2.24, 2.45) is 0 Å². The zero-order chi connectivity index (χ0) is 16.1. The second-order valence-corrected chi connectivity index (χ2v) is 5.41. The minimum absolute atomic E-state index is 0.164. The molecule has 1 amide bonds. The van der Waals surface area contributed by atoms with Crippen LogP contribution in [0, 0.1) is 5.82 Å². The van der Waals surface area contributed by atoms with E-state index >= 15 is 0 Å². The third-order valence-corrected chi connectivity index (χ3v) is 3.95. The summed E-state index contributed by atoms with van der Waals surface area (Å²) in [7, 11) is 1.39. The highest BCUT2D eigenvalue weighted by Gasteiger charge is 2.31. The summed E-state index contributed by atoms with van der Waals surface area (Å²) in [5.74, 6) is -1.45. The number of hydrogen-bond acceptors (Lipinski definition) is 3. The van der Waals surface area contributed by atoms with Crippen LogP contribution in [-0.2, 0) is 16.0 Å². The number of carbonyl (C=O) groups excluding carboxylic acids is 1. The molecule has 1 atom stereocenters. The second kappa shape index (κ2) is 7.24. The Balaban J connectivity index is 1.96. The molecule has 0 bridgehead atoms. The fourth-order valence-electron chi connectivity index (χ4n) is 2.75. The minimum atomic E-state index is -0.955. The van der Waals surface area contributed by atoms with Crippen molar-refractivity contribution in [1.82, 2.24) is 4.90 Å². The van der Waals surface area contributed by atoms with Gasteiger partial charge in [-0.3, -0.25) is 4.79 Å². The van der Waals surface area contributed by atoms with Crippen LogP contribution in [0.4, 0.5) is 4.39 Å². The first-order valence-corrected chi connectivity index (χ1v) is 7.37. The summed E-state index contributed by atoms with van der Waals surface area (Å²) >= 11 is 0. The number of rotatable bonds is 5. The molecule has 22 heavy (non-hydrogen) atoms. The van der Waals surface area contributed by atoms with Crippen molar-refractivity contribution in [2.45, 2.75) is 38.1 Å². The van der Waals surface area contributed by atoms with Crippen molar-refractivity contribution in [3.8, 4) is 5.75 Å². The number of halogens is 1. The molecule has 1 aromatic rings. The smallest absolute Gasteiger partial charge is 0.326 e. The Labute approximate surface area is 128 Å². The number of ether oxygens (including phenoxy) is 1. The van der Waals surface area contributed by atoms with Crippen LogP contribution in [0.3, 0.4) is 0 Å². The average Bonchev–Trinajstić information content (AvgIpc) is 2.52. The van der Waals surface area contributed by atoms with Gasteiger partial charge in [0, 0.05) is 13.0 Å². The predicted molar refractivity (Wildman–Crippen MR) is 78.3 cm³/mol. The number of methoxy groups -OCH3 is 1. The number of carboxylic acids is 1. The normalized spacial score (nSPS) is 18.1. The van der Waals surface area contributed by atoms with Crippen molar-refractivity contribution >= 4 is 11.9 Å². The van der Waals surface area contributed by atoms with E-state index < -0.39 is 17.8 Å². The van der Waals surface area contributed by atoms with Crippen molar-refractivity contribution < 1.29 is 23.8 Å². The van der Waals surface area contributed by atoms with Crippen LogP contribution in [0.2, 0.25) is 0 Å². The molecule has 1 saturated heterocycles. The molecule has 0 saturated carbocycles. The first-order chi connectivity index (χ1) is 10.5. The molecule has 120 valence electrons. The number of aliphatic carboxylic acids is 1. The van der Waals surface area contributed by atoms with E-state index in [2.05, 4.69) is 0 Å². The molecule has 1 fully saturated rings. The van der Waals surface area contributed by atoms with Gasteiger partial charge in [0.15, 0.2) is 11.6 Å². The van der Waals surface area contributed by atoms with Crippen LogP contribution in [0.25, 0.3) is 0 Å². The number of carbonyl (C=O) groups is 2. The third kappa shape index (κ3) is 3.75. The van der Waals surface area contributed by atoms with Gasteiger partial charge >= 0.3 is 5.97 Å². The number of likely N-dealkylation sites (tertiary alicyclic amines) is 1. The van der Waals surface area contributed by atoms with E-state index in [1.54, 1.807) is 6.07 Å². The fraction of sp³-hybridized carbons (Fsp3) is 0.500. The van der Waals surface area contributed by atoms with Gasteiger partial charge in [-0.15, -0.1) is 0 Å². The van der Waals surface area contributed by atoms with Crippen molar-refractivity contribution in [3.63, 3.8) is 0 Å². The molecule has 0 spiro atoms. The minimum Gasteiger partial charge on any atom is -0.494 e. The lowest BCUT2D eigenvalue weighted by Crippen LogP contribution is -2.48. The van der Waals surface area contributed by atoms with Crippen molar-refractivity contribution in [2.75, 3.05) is 13.7 Å². The van der Waals surface area contributed by atoms with Crippen LogP contribution in [0.5, 0.6) is 5.75 Å². The monoisotopic (exact) mass is 309 g/mol. The zero-order valence-electron chi connectivity index (χ0n) is 12.5. The highest BCUT2D eigenvalue weighted by molar-refractivity contribution is 5.84. The van der Waals surface area contributed by atoms with Gasteiger partial charge in [-0.25, -0.2) is 9.18 Å². The van der Waals surface area contributed by atoms with Gasteiger partial charge < -0.3 is 14.7 Å². The van der Waals surface area contributed by atoms with Crippen LogP contribution in [0.1, 0.15) is 31.2 Å². The second-order valence-electron chi connectivity index (χ2n) is 5.41. The number of amides is 1. The molecule has 1 heterocycles. The maximum absolute atomic E-state index is 13.6. The van der Waals surface area contributed by atoms with E-state index in [-0.39, 0.29) is 18.1 Å². The number of nitrogens with zero attached hydrogens (tertiary/aromatic N) is 1. The van der Waals surface area contributed by atoms with Crippen molar-refractivity contribution in [3.05, 3.63) is 29.6 Å². The van der Waals surface area contributed by atoms with Gasteiger partial charge in [0.25, 0.3) is 0 Å². The molecule has 0 radical (unpaired) electrons. The molecule has 2 rings (SSSR count). The Kier molecular flexibility index (Phi) is 5.35. The van der Waals surface area contributed by atoms with E-state index in [1.807, 2.05) is 0 Å². The lowest BCUT2D eigenvalue weighted by molar-refractivity contribution is -0.152. The lowest BCUT2D eigenvalue weighted by atomic mass is 10.0. The molecule has 1 aliphatic rings. The molecule has 0 aliphatic carbocycles. The quantitative estimate of drug-likeness (QED) is 0.906. The topological polar surface area (TPSA) is 66.8 Å². The Morgan fingerprint density at radius 1 is 1.41 bits per heavy atom. The largest absolute Gasteiger partial charge is 0.494 e. The van der Waals surface area contributed by atoms with E-state index in [0.717, 1.165) is 12.8 Å². The SMILES string of the molecule is COc1ccc(CCC(=O)N2CCCC[C@@H]2C(=O)O)cc1F. The number of carboxylic acid groups (broad SMARTS) is 1. The van der Waals surface area contributed by atoms with Gasteiger partial charge in [0.05, 0.1) is 7.11 Å². The Bertz CT molecular complexity index is 561. The van der Waals surface area contributed by atoms with Crippen LogP contribution in [-0.4, -0.2) is 41.6 Å². The number of aryl methyl sites for hydroxylation is 1. The summed E-state index contributed by atoms with van der Waals surface area (Å²) in [5, 5.41) is 9.18. The highest BCUT2D eigenvalue weighted by Crippen LogP contribution is 2.21. The first-order valence-electron chi connectivity index (χ1n) is 7.37. The summed E-state index contributed by atoms with van der Waals surface area (Å²) in [6, 6.07) is 3.85. The summed E-state index contributed by atoms with van der Waals surface area (Å²) in [6.45, 7) is 0.479. The fourth-order valence-corrected chi connectivity index (χ4v) is 2.75.